The minimum absolute atomic E-state index is 0.0281. The Balaban J connectivity index is 3.80. The Hall–Kier alpha value is -2.52. The van der Waals surface area contributed by atoms with E-state index in [2.05, 4.69) is 13.8 Å². The first-order valence-electron chi connectivity index (χ1n) is 19.0. The molecule has 49 heavy (non-hydrogen) atoms. The van der Waals surface area contributed by atoms with Crippen molar-refractivity contribution in [1.82, 2.24) is 0 Å². The molecule has 0 amide bonds. The predicted molar refractivity (Wildman–Crippen MR) is 200 cm³/mol. The van der Waals surface area contributed by atoms with E-state index in [1.165, 1.54) is 70.3 Å². The van der Waals surface area contributed by atoms with Crippen LogP contribution in [-0.4, -0.2) is 70.0 Å². The number of aliphatic hydroxyl groups excluding tert-OH is 4. The lowest BCUT2D eigenvalue weighted by Crippen LogP contribution is -2.26. The summed E-state index contributed by atoms with van der Waals surface area (Å²) < 4.78 is 10.2. The van der Waals surface area contributed by atoms with E-state index in [1.54, 1.807) is 42.5 Å². The molecule has 0 saturated heterocycles. The minimum Gasteiger partial charge on any atom is -0.463 e. The molecule has 0 aromatic carbocycles. The molecule has 0 aromatic rings. The minimum atomic E-state index is -1.09. The molecule has 8 nitrogen and oxygen atoms in total. The third kappa shape index (κ3) is 33.7. The van der Waals surface area contributed by atoms with Crippen molar-refractivity contribution in [2.24, 2.45) is 5.92 Å². The van der Waals surface area contributed by atoms with Crippen molar-refractivity contribution in [3.05, 3.63) is 60.8 Å². The van der Waals surface area contributed by atoms with Gasteiger partial charge in [-0.25, -0.2) is 0 Å². The van der Waals surface area contributed by atoms with E-state index in [1.807, 2.05) is 19.1 Å². The fourth-order valence-electron chi connectivity index (χ4n) is 5.02. The molecule has 0 bridgehead atoms. The van der Waals surface area contributed by atoms with Gasteiger partial charge in [0.15, 0.2) is 0 Å². The Morgan fingerprint density at radius 3 is 1.57 bits per heavy atom. The summed E-state index contributed by atoms with van der Waals surface area (Å²) in [4.78, 5) is 23.9. The van der Waals surface area contributed by atoms with Crippen molar-refractivity contribution in [3.63, 3.8) is 0 Å². The molecule has 0 saturated carbocycles. The summed E-state index contributed by atoms with van der Waals surface area (Å²) in [5.74, 6) is -0.0664. The summed E-state index contributed by atoms with van der Waals surface area (Å²) >= 11 is 0. The highest BCUT2D eigenvalue weighted by Gasteiger charge is 2.15. The second-order valence-electron chi connectivity index (χ2n) is 13.4. The van der Waals surface area contributed by atoms with E-state index < -0.39 is 30.4 Å². The van der Waals surface area contributed by atoms with Crippen molar-refractivity contribution in [1.29, 1.82) is 0 Å². The van der Waals surface area contributed by atoms with Gasteiger partial charge in [-0.2, -0.15) is 0 Å². The molecule has 0 rings (SSSR count). The van der Waals surface area contributed by atoms with Gasteiger partial charge in [0.2, 0.25) is 0 Å². The number of carbonyl (C=O) groups is 2. The summed E-state index contributed by atoms with van der Waals surface area (Å²) in [6, 6.07) is 0. The van der Waals surface area contributed by atoms with E-state index in [4.69, 9.17) is 9.47 Å². The fraction of sp³-hybridized carbons (Fsp3) is 0.707. The molecular formula is C41H70O8. The maximum Gasteiger partial charge on any atom is 0.305 e. The van der Waals surface area contributed by atoms with Crippen LogP contribution in [0.3, 0.4) is 0 Å². The standard InChI is InChI=1S/C41H70O8/c1-4-5-20-27-36(42)28-22-17-14-15-18-23-29-38(44)39(45)30-25-32-41(47)49-34-37(43)33-48-40(46)31-24-19-13-11-9-7-6-8-10-12-16-21-26-35(2)3/h5,14-15,17-18,20,22-23,28-29,35-39,42-45H,4,6-13,16,19,21,24-27,30-34H2,1-3H3/b17-14+,18-15-,20-5-,28-22+,29-23-/t36-,37-,38+,39+/m1/s1. The van der Waals surface area contributed by atoms with Crippen LogP contribution < -0.4 is 0 Å². The van der Waals surface area contributed by atoms with Crippen molar-refractivity contribution in [2.45, 2.75) is 167 Å². The van der Waals surface area contributed by atoms with Gasteiger partial charge >= 0.3 is 11.9 Å². The Kier molecular flexibility index (Phi) is 32.2. The quantitative estimate of drug-likeness (QED) is 0.0239. The summed E-state index contributed by atoms with van der Waals surface area (Å²) in [7, 11) is 0. The third-order valence-corrected chi connectivity index (χ3v) is 8.04. The second kappa shape index (κ2) is 34.0. The van der Waals surface area contributed by atoms with E-state index >= 15 is 0 Å². The summed E-state index contributed by atoms with van der Waals surface area (Å²) in [6.45, 7) is 6.13. The van der Waals surface area contributed by atoms with Crippen molar-refractivity contribution < 1.29 is 39.5 Å². The highest BCUT2D eigenvalue weighted by molar-refractivity contribution is 5.69. The molecule has 4 atom stereocenters. The van der Waals surface area contributed by atoms with Gasteiger partial charge in [-0.05, 0) is 38.0 Å². The number of unbranched alkanes of at least 4 members (excludes halogenated alkanes) is 11. The largest absolute Gasteiger partial charge is 0.463 e. The van der Waals surface area contributed by atoms with Gasteiger partial charge in [-0.15, -0.1) is 0 Å². The Labute approximate surface area is 298 Å². The lowest BCUT2D eigenvalue weighted by Gasteiger charge is -2.14. The summed E-state index contributed by atoms with van der Waals surface area (Å²) in [5.41, 5.74) is 0. The van der Waals surface area contributed by atoms with Crippen LogP contribution in [0, 0.1) is 5.92 Å². The zero-order chi connectivity index (χ0) is 36.4. The van der Waals surface area contributed by atoms with Crippen LogP contribution in [0.2, 0.25) is 0 Å². The van der Waals surface area contributed by atoms with E-state index in [0.29, 0.717) is 19.3 Å². The number of hydrogen-bond acceptors (Lipinski definition) is 8. The SMILES string of the molecule is CC/C=C\C[C@@H](O)/C=C/C=C/C=C\C=C/[C@H](O)[C@@H](O)CCCC(=O)OC[C@H](O)COC(=O)CCCCCCCCCCCCCCC(C)C. The van der Waals surface area contributed by atoms with Gasteiger partial charge in [-0.1, -0.05) is 159 Å². The molecule has 0 heterocycles. The van der Waals surface area contributed by atoms with Crippen LogP contribution in [0.5, 0.6) is 0 Å². The number of carbonyl (C=O) groups excluding carboxylic acids is 2. The first-order chi connectivity index (χ1) is 23.6. The van der Waals surface area contributed by atoms with Gasteiger partial charge < -0.3 is 29.9 Å². The van der Waals surface area contributed by atoms with Crippen LogP contribution in [-0.2, 0) is 19.1 Å². The normalized spacial score (nSPS) is 14.9. The molecule has 0 aliphatic carbocycles. The maximum atomic E-state index is 12.0. The molecule has 4 N–H and O–H groups in total. The van der Waals surface area contributed by atoms with Gasteiger partial charge in [0.05, 0.1) is 18.3 Å². The number of rotatable bonds is 32. The average Bonchev–Trinajstić information content (AvgIpc) is 3.07. The molecular weight excluding hydrogens is 620 g/mol. The molecule has 0 aromatic heterocycles. The number of aliphatic hydroxyl groups is 4. The molecule has 0 aliphatic rings. The highest BCUT2D eigenvalue weighted by atomic mass is 16.6. The number of esters is 2. The van der Waals surface area contributed by atoms with Crippen molar-refractivity contribution in [2.75, 3.05) is 13.2 Å². The average molecular weight is 691 g/mol. The molecule has 0 spiro atoms. The van der Waals surface area contributed by atoms with Crippen LogP contribution in [0.15, 0.2) is 60.8 Å². The van der Waals surface area contributed by atoms with Crippen LogP contribution in [0.4, 0.5) is 0 Å². The van der Waals surface area contributed by atoms with Gasteiger partial charge in [-0.3, -0.25) is 9.59 Å². The molecule has 0 radical (unpaired) electrons. The van der Waals surface area contributed by atoms with Crippen LogP contribution in [0.1, 0.15) is 143 Å². The number of ether oxygens (including phenoxy) is 2. The zero-order valence-electron chi connectivity index (χ0n) is 30.9. The fourth-order valence-corrected chi connectivity index (χ4v) is 5.02. The number of hydrogen-bond donors (Lipinski definition) is 4. The lowest BCUT2D eigenvalue weighted by molar-refractivity contribution is -0.152. The van der Waals surface area contributed by atoms with Gasteiger partial charge in [0.25, 0.3) is 0 Å². The Bertz CT molecular complexity index is 936. The maximum absolute atomic E-state index is 12.0. The van der Waals surface area contributed by atoms with Gasteiger partial charge in [0.1, 0.15) is 19.3 Å². The van der Waals surface area contributed by atoms with E-state index in [0.717, 1.165) is 31.6 Å². The van der Waals surface area contributed by atoms with Crippen molar-refractivity contribution in [3.8, 4) is 0 Å². The Morgan fingerprint density at radius 1 is 0.571 bits per heavy atom. The molecule has 0 aliphatic heterocycles. The van der Waals surface area contributed by atoms with Crippen LogP contribution >= 0.6 is 0 Å². The lowest BCUT2D eigenvalue weighted by atomic mass is 10.0. The second-order valence-corrected chi connectivity index (χ2v) is 13.4. The molecule has 8 heteroatoms. The predicted octanol–water partition coefficient (Wildman–Crippen LogP) is 8.39. The molecule has 0 fully saturated rings. The first-order valence-corrected chi connectivity index (χ1v) is 19.0. The molecule has 282 valence electrons. The zero-order valence-corrected chi connectivity index (χ0v) is 30.9. The van der Waals surface area contributed by atoms with E-state index in [-0.39, 0.29) is 32.0 Å². The third-order valence-electron chi connectivity index (χ3n) is 8.04. The van der Waals surface area contributed by atoms with Crippen molar-refractivity contribution >= 4 is 11.9 Å². The molecule has 0 unspecified atom stereocenters. The first kappa shape index (κ1) is 46.5. The number of allylic oxidation sites excluding steroid dienone is 7. The van der Waals surface area contributed by atoms with Crippen LogP contribution in [0.25, 0.3) is 0 Å². The topological polar surface area (TPSA) is 134 Å². The summed E-state index contributed by atoms with van der Waals surface area (Å²) in [5, 5.41) is 40.0. The smallest absolute Gasteiger partial charge is 0.305 e. The summed E-state index contributed by atoms with van der Waals surface area (Å²) in [6.07, 6.45) is 32.3. The van der Waals surface area contributed by atoms with E-state index in [9.17, 15) is 30.0 Å². The Morgan fingerprint density at radius 2 is 1.04 bits per heavy atom. The monoisotopic (exact) mass is 691 g/mol. The van der Waals surface area contributed by atoms with Gasteiger partial charge in [0, 0.05) is 12.8 Å². The highest BCUT2D eigenvalue weighted by Crippen LogP contribution is 2.15.